The monoisotopic (exact) mass is 320 g/mol. The van der Waals surface area contributed by atoms with E-state index in [0.717, 1.165) is 5.56 Å². The van der Waals surface area contributed by atoms with E-state index < -0.39 is 12.0 Å². The molecule has 7 heteroatoms. The molecule has 0 spiro atoms. The van der Waals surface area contributed by atoms with Crippen molar-refractivity contribution in [2.45, 2.75) is 13.0 Å². The summed E-state index contributed by atoms with van der Waals surface area (Å²) in [6.45, 7) is 2.29. The molecule has 0 bridgehead atoms. The Labute approximate surface area is 134 Å². The second-order valence-electron chi connectivity index (χ2n) is 4.93. The van der Waals surface area contributed by atoms with Crippen molar-refractivity contribution in [3.8, 4) is 17.0 Å². The fourth-order valence-corrected chi connectivity index (χ4v) is 2.15. The van der Waals surface area contributed by atoms with Crippen LogP contribution in [0, 0.1) is 0 Å². The summed E-state index contributed by atoms with van der Waals surface area (Å²) in [6, 6.07) is 7.12. The number of benzene rings is 1. The van der Waals surface area contributed by atoms with E-state index >= 15 is 0 Å². The maximum Gasteiger partial charge on any atom is 0.290 e. The van der Waals surface area contributed by atoms with Gasteiger partial charge < -0.3 is 24.4 Å². The molecule has 1 amide bonds. The molecular formula is C16H20N2O5. The van der Waals surface area contributed by atoms with Gasteiger partial charge in [-0.1, -0.05) is 5.16 Å². The zero-order valence-corrected chi connectivity index (χ0v) is 13.3. The molecule has 23 heavy (non-hydrogen) atoms. The number of hydrogen-bond acceptors (Lipinski definition) is 6. The fraction of sp³-hybridized carbons (Fsp3) is 0.375. The number of methoxy groups -OCH3 is 2. The number of nitrogens with zero attached hydrogens (tertiary/aromatic N) is 1. The summed E-state index contributed by atoms with van der Waals surface area (Å²) in [4.78, 5) is 12.2. The molecule has 2 N–H and O–H groups in total. The van der Waals surface area contributed by atoms with Crippen LogP contribution in [-0.4, -0.2) is 43.5 Å². The van der Waals surface area contributed by atoms with E-state index in [9.17, 15) is 9.90 Å². The summed E-state index contributed by atoms with van der Waals surface area (Å²) in [6.07, 6.45) is -0.901. The largest absolute Gasteiger partial charge is 0.497 e. The minimum Gasteiger partial charge on any atom is -0.497 e. The normalized spacial score (nSPS) is 12.0. The van der Waals surface area contributed by atoms with Crippen LogP contribution in [0.2, 0.25) is 0 Å². The zero-order valence-electron chi connectivity index (χ0n) is 13.3. The molecule has 1 atom stereocenters. The molecule has 1 heterocycles. The molecule has 2 rings (SSSR count). The number of nitrogens with one attached hydrogen (secondary N) is 1. The van der Waals surface area contributed by atoms with Gasteiger partial charge in [0, 0.05) is 19.2 Å². The molecule has 0 unspecified atom stereocenters. The van der Waals surface area contributed by atoms with Crippen molar-refractivity contribution in [1.29, 1.82) is 0 Å². The molecule has 0 aliphatic rings. The Bertz CT molecular complexity index is 649. The predicted octanol–water partition coefficient (Wildman–Crippen LogP) is 1.78. The van der Waals surface area contributed by atoms with Crippen LogP contribution in [0.5, 0.6) is 5.75 Å². The first-order valence-electron chi connectivity index (χ1n) is 7.17. The van der Waals surface area contributed by atoms with Crippen LogP contribution in [0.25, 0.3) is 11.3 Å². The highest BCUT2D eigenvalue weighted by molar-refractivity contribution is 5.94. The number of aliphatic hydroxyl groups excluding tert-OH is 1. The summed E-state index contributed by atoms with van der Waals surface area (Å²) in [5.41, 5.74) is 1.51. The summed E-state index contributed by atoms with van der Waals surface area (Å²) >= 11 is 0. The van der Waals surface area contributed by atoms with Gasteiger partial charge in [0.25, 0.3) is 5.91 Å². The first-order valence-corrected chi connectivity index (χ1v) is 7.17. The molecule has 124 valence electrons. The van der Waals surface area contributed by atoms with Crippen LogP contribution in [-0.2, 0) is 4.74 Å². The minimum absolute atomic E-state index is 0.00178. The fourth-order valence-electron chi connectivity index (χ4n) is 2.15. The lowest BCUT2D eigenvalue weighted by atomic mass is 10.0. The molecule has 7 nitrogen and oxygen atoms in total. The first kappa shape index (κ1) is 17.0. The van der Waals surface area contributed by atoms with Gasteiger partial charge in [0.2, 0.25) is 5.76 Å². The van der Waals surface area contributed by atoms with Gasteiger partial charge in [-0.2, -0.15) is 0 Å². The molecule has 0 radical (unpaired) electrons. The number of amides is 1. The van der Waals surface area contributed by atoms with Crippen LogP contribution >= 0.6 is 0 Å². The average molecular weight is 320 g/mol. The van der Waals surface area contributed by atoms with Gasteiger partial charge in [0.1, 0.15) is 11.4 Å². The van der Waals surface area contributed by atoms with Gasteiger partial charge in [-0.15, -0.1) is 0 Å². The van der Waals surface area contributed by atoms with Gasteiger partial charge in [0.15, 0.2) is 0 Å². The van der Waals surface area contributed by atoms with E-state index in [0.29, 0.717) is 30.2 Å². The van der Waals surface area contributed by atoms with E-state index in [-0.39, 0.29) is 5.76 Å². The summed E-state index contributed by atoms with van der Waals surface area (Å²) < 4.78 is 15.2. The number of aliphatic hydroxyl groups is 1. The number of ether oxygens (including phenoxy) is 2. The second kappa shape index (κ2) is 7.75. The number of hydrogen-bond donors (Lipinski definition) is 2. The van der Waals surface area contributed by atoms with Crippen molar-refractivity contribution in [3.05, 3.63) is 35.6 Å². The number of rotatable bonds is 7. The van der Waals surface area contributed by atoms with Crippen LogP contribution in [0.3, 0.4) is 0 Å². The van der Waals surface area contributed by atoms with E-state index in [4.69, 9.17) is 14.0 Å². The molecular weight excluding hydrogens is 300 g/mol. The van der Waals surface area contributed by atoms with Gasteiger partial charge in [-0.3, -0.25) is 4.79 Å². The maximum atomic E-state index is 12.2. The molecule has 0 fully saturated rings. The van der Waals surface area contributed by atoms with Crippen molar-refractivity contribution in [2.75, 3.05) is 27.4 Å². The highest BCUT2D eigenvalue weighted by atomic mass is 16.5. The molecule has 2 aromatic rings. The maximum absolute atomic E-state index is 12.2. The molecule has 1 aromatic heterocycles. The number of carbonyl (C=O) groups is 1. The molecule has 0 saturated heterocycles. The van der Waals surface area contributed by atoms with Crippen LogP contribution in [0.1, 0.15) is 29.1 Å². The van der Waals surface area contributed by atoms with E-state index in [2.05, 4.69) is 10.5 Å². The van der Waals surface area contributed by atoms with Gasteiger partial charge >= 0.3 is 0 Å². The Morgan fingerprint density at radius 3 is 2.61 bits per heavy atom. The summed E-state index contributed by atoms with van der Waals surface area (Å²) in [5, 5.41) is 16.6. The van der Waals surface area contributed by atoms with Crippen molar-refractivity contribution in [3.63, 3.8) is 0 Å². The lowest BCUT2D eigenvalue weighted by Gasteiger charge is -2.08. The van der Waals surface area contributed by atoms with Crippen molar-refractivity contribution in [2.24, 2.45) is 0 Å². The molecule has 1 aromatic carbocycles. The van der Waals surface area contributed by atoms with Crippen molar-refractivity contribution >= 4 is 5.91 Å². The Morgan fingerprint density at radius 1 is 1.35 bits per heavy atom. The van der Waals surface area contributed by atoms with Crippen LogP contribution in [0.4, 0.5) is 0 Å². The van der Waals surface area contributed by atoms with Crippen LogP contribution < -0.4 is 10.1 Å². The lowest BCUT2D eigenvalue weighted by molar-refractivity contribution is 0.0892. The third-order valence-corrected chi connectivity index (χ3v) is 3.31. The number of aromatic nitrogens is 1. The van der Waals surface area contributed by atoms with E-state index in [1.54, 1.807) is 45.4 Å². The van der Waals surface area contributed by atoms with Crippen LogP contribution in [0.15, 0.2) is 28.8 Å². The Kier molecular flexibility index (Phi) is 5.72. The Balaban J connectivity index is 2.32. The topological polar surface area (TPSA) is 93.8 Å². The quantitative estimate of drug-likeness (QED) is 0.755. The summed E-state index contributed by atoms with van der Waals surface area (Å²) in [5.74, 6) is 0.264. The molecule has 0 aliphatic heterocycles. The Morgan fingerprint density at radius 2 is 2.04 bits per heavy atom. The number of carbonyl (C=O) groups excluding carboxylic acids is 1. The third-order valence-electron chi connectivity index (χ3n) is 3.31. The first-order chi connectivity index (χ1) is 11.1. The molecule has 0 saturated carbocycles. The Hall–Kier alpha value is -2.38. The predicted molar refractivity (Wildman–Crippen MR) is 83.3 cm³/mol. The highest BCUT2D eigenvalue weighted by Gasteiger charge is 2.26. The summed E-state index contributed by atoms with van der Waals surface area (Å²) in [7, 11) is 3.12. The third kappa shape index (κ3) is 3.88. The second-order valence-corrected chi connectivity index (χ2v) is 4.93. The average Bonchev–Trinajstić information content (AvgIpc) is 3.00. The van der Waals surface area contributed by atoms with Crippen molar-refractivity contribution in [1.82, 2.24) is 10.5 Å². The smallest absolute Gasteiger partial charge is 0.290 e. The van der Waals surface area contributed by atoms with Gasteiger partial charge in [-0.05, 0) is 31.2 Å². The van der Waals surface area contributed by atoms with Crippen molar-refractivity contribution < 1.29 is 23.9 Å². The molecule has 0 aliphatic carbocycles. The highest BCUT2D eigenvalue weighted by Crippen LogP contribution is 2.31. The van der Waals surface area contributed by atoms with E-state index in [1.807, 2.05) is 0 Å². The van der Waals surface area contributed by atoms with Gasteiger partial charge in [-0.25, -0.2) is 0 Å². The lowest BCUT2D eigenvalue weighted by Crippen LogP contribution is -2.27. The van der Waals surface area contributed by atoms with E-state index in [1.165, 1.54) is 0 Å². The minimum atomic E-state index is -0.901. The zero-order chi connectivity index (χ0) is 16.8. The SMILES string of the molecule is COCCNC(=O)c1onc(-c2ccc(OC)cc2)c1[C@H](C)O. The van der Waals surface area contributed by atoms with Gasteiger partial charge in [0.05, 0.1) is 25.4 Å². The standard InChI is InChI=1S/C16H20N2O5/c1-10(19)13-14(11-4-6-12(22-3)7-5-11)18-23-15(13)16(20)17-8-9-21-2/h4-7,10,19H,8-9H2,1-3H3,(H,17,20)/t10-/m0/s1.